The molecule has 0 aliphatic rings. The van der Waals surface area contributed by atoms with Gasteiger partial charge in [-0.3, -0.25) is 4.79 Å². The van der Waals surface area contributed by atoms with E-state index in [2.05, 4.69) is 0 Å². The van der Waals surface area contributed by atoms with Crippen molar-refractivity contribution in [3.63, 3.8) is 0 Å². The van der Waals surface area contributed by atoms with Gasteiger partial charge in [-0.1, -0.05) is 53.0 Å². The first-order chi connectivity index (χ1) is 9.06. The van der Waals surface area contributed by atoms with Crippen molar-refractivity contribution in [3.8, 4) is 0 Å². The second-order valence-electron chi connectivity index (χ2n) is 3.88. The lowest BCUT2D eigenvalue weighted by molar-refractivity contribution is 0.104. The first-order valence-corrected chi connectivity index (χ1v) is 6.63. The summed E-state index contributed by atoms with van der Waals surface area (Å²) in [6.45, 7) is 0. The van der Waals surface area contributed by atoms with Gasteiger partial charge in [0.1, 0.15) is 0 Å². The molecule has 2 aromatic carbocycles. The van der Waals surface area contributed by atoms with Crippen molar-refractivity contribution in [2.24, 2.45) is 0 Å². The van der Waals surface area contributed by atoms with Crippen LogP contribution in [-0.4, -0.2) is 5.78 Å². The van der Waals surface area contributed by atoms with Crippen LogP contribution in [0, 0.1) is 0 Å². The van der Waals surface area contributed by atoms with E-state index in [4.69, 9.17) is 34.8 Å². The standard InChI is InChI=1S/C15H9Cl3O/c16-12-5-1-10(2-6-12)3-8-15(19)11-4-7-13(17)14(18)9-11/h1-9H/b8-3+. The Morgan fingerprint density at radius 2 is 1.58 bits per heavy atom. The van der Waals surface area contributed by atoms with E-state index >= 15 is 0 Å². The molecule has 0 saturated carbocycles. The molecule has 0 spiro atoms. The van der Waals surface area contributed by atoms with Crippen LogP contribution in [-0.2, 0) is 0 Å². The lowest BCUT2D eigenvalue weighted by Gasteiger charge is -1.99. The summed E-state index contributed by atoms with van der Waals surface area (Å²) in [5, 5.41) is 1.46. The second kappa shape index (κ2) is 6.25. The molecule has 0 aliphatic heterocycles. The van der Waals surface area contributed by atoms with Gasteiger partial charge in [0.05, 0.1) is 10.0 Å². The summed E-state index contributed by atoms with van der Waals surface area (Å²) in [5.41, 5.74) is 1.40. The summed E-state index contributed by atoms with van der Waals surface area (Å²) >= 11 is 17.5. The molecule has 0 aliphatic carbocycles. The molecule has 0 fully saturated rings. The predicted octanol–water partition coefficient (Wildman–Crippen LogP) is 5.54. The van der Waals surface area contributed by atoms with Gasteiger partial charge >= 0.3 is 0 Å². The molecule has 0 aromatic heterocycles. The third-order valence-corrected chi connectivity index (χ3v) is 3.49. The second-order valence-corrected chi connectivity index (χ2v) is 5.13. The molecule has 0 heterocycles. The summed E-state index contributed by atoms with van der Waals surface area (Å²) in [5.74, 6) is -0.131. The Labute approximate surface area is 126 Å². The molecule has 0 N–H and O–H groups in total. The number of rotatable bonds is 3. The van der Waals surface area contributed by atoms with E-state index < -0.39 is 0 Å². The third-order valence-electron chi connectivity index (χ3n) is 2.50. The first-order valence-electron chi connectivity index (χ1n) is 5.49. The Kier molecular flexibility index (Phi) is 4.65. The van der Waals surface area contributed by atoms with Crippen LogP contribution in [0.4, 0.5) is 0 Å². The molecule has 2 aromatic rings. The molecule has 0 unspecified atom stereocenters. The van der Waals surface area contributed by atoms with Crippen LogP contribution < -0.4 is 0 Å². The summed E-state index contributed by atoms with van der Waals surface area (Å²) < 4.78 is 0. The quantitative estimate of drug-likeness (QED) is 0.537. The van der Waals surface area contributed by atoms with Gasteiger partial charge in [-0.2, -0.15) is 0 Å². The fourth-order valence-electron chi connectivity index (χ4n) is 1.49. The molecule has 19 heavy (non-hydrogen) atoms. The highest BCUT2D eigenvalue weighted by Crippen LogP contribution is 2.23. The van der Waals surface area contributed by atoms with Crippen LogP contribution >= 0.6 is 34.8 Å². The van der Waals surface area contributed by atoms with Crippen molar-refractivity contribution >= 4 is 46.7 Å². The minimum Gasteiger partial charge on any atom is -0.289 e. The average molecular weight is 312 g/mol. The van der Waals surface area contributed by atoms with E-state index in [1.54, 1.807) is 36.4 Å². The molecule has 1 nitrogen and oxygen atoms in total. The first kappa shape index (κ1) is 14.1. The smallest absolute Gasteiger partial charge is 0.185 e. The fourth-order valence-corrected chi connectivity index (χ4v) is 1.92. The Morgan fingerprint density at radius 1 is 0.895 bits per heavy atom. The van der Waals surface area contributed by atoms with Crippen molar-refractivity contribution in [1.82, 2.24) is 0 Å². The van der Waals surface area contributed by atoms with Crippen LogP contribution in [0.1, 0.15) is 15.9 Å². The topological polar surface area (TPSA) is 17.1 Å². The number of carbonyl (C=O) groups excluding carboxylic acids is 1. The largest absolute Gasteiger partial charge is 0.289 e. The van der Waals surface area contributed by atoms with E-state index in [0.717, 1.165) is 5.56 Å². The van der Waals surface area contributed by atoms with Crippen molar-refractivity contribution < 1.29 is 4.79 Å². The van der Waals surface area contributed by atoms with Crippen molar-refractivity contribution in [2.45, 2.75) is 0 Å². The van der Waals surface area contributed by atoms with Crippen LogP contribution in [0.2, 0.25) is 15.1 Å². The molecule has 0 bridgehead atoms. The van der Waals surface area contributed by atoms with E-state index in [1.807, 2.05) is 12.1 Å². The molecule has 0 amide bonds. The number of halogens is 3. The average Bonchev–Trinajstić information content (AvgIpc) is 2.41. The third kappa shape index (κ3) is 3.84. The van der Waals surface area contributed by atoms with Gasteiger partial charge in [0.2, 0.25) is 0 Å². The highest BCUT2D eigenvalue weighted by molar-refractivity contribution is 6.42. The zero-order chi connectivity index (χ0) is 13.8. The van der Waals surface area contributed by atoms with Gasteiger partial charge in [0.25, 0.3) is 0 Å². The maximum absolute atomic E-state index is 11.9. The van der Waals surface area contributed by atoms with Gasteiger partial charge in [-0.05, 0) is 42.0 Å². The number of hydrogen-bond acceptors (Lipinski definition) is 1. The normalized spacial score (nSPS) is 10.9. The van der Waals surface area contributed by atoms with E-state index in [9.17, 15) is 4.79 Å². The Hall–Kier alpha value is -1.28. The lowest BCUT2D eigenvalue weighted by Crippen LogP contribution is -1.93. The highest BCUT2D eigenvalue weighted by Gasteiger charge is 2.04. The van der Waals surface area contributed by atoms with Crippen LogP contribution in [0.5, 0.6) is 0 Å². The molecular formula is C15H9Cl3O. The number of hydrogen-bond donors (Lipinski definition) is 0. The molecule has 96 valence electrons. The molecule has 0 radical (unpaired) electrons. The van der Waals surface area contributed by atoms with Gasteiger partial charge < -0.3 is 0 Å². The summed E-state index contributed by atoms with van der Waals surface area (Å²) in [7, 11) is 0. The molecule has 0 saturated heterocycles. The van der Waals surface area contributed by atoms with Crippen LogP contribution in [0.3, 0.4) is 0 Å². The zero-order valence-electron chi connectivity index (χ0n) is 9.74. The molecular weight excluding hydrogens is 303 g/mol. The molecule has 0 atom stereocenters. The van der Waals surface area contributed by atoms with Crippen molar-refractivity contribution in [2.75, 3.05) is 0 Å². The van der Waals surface area contributed by atoms with Gasteiger partial charge in [0.15, 0.2) is 5.78 Å². The summed E-state index contributed by atoms with van der Waals surface area (Å²) in [6, 6.07) is 12.0. The van der Waals surface area contributed by atoms with Crippen LogP contribution in [0.25, 0.3) is 6.08 Å². The maximum Gasteiger partial charge on any atom is 0.185 e. The van der Waals surface area contributed by atoms with Gasteiger partial charge in [-0.15, -0.1) is 0 Å². The monoisotopic (exact) mass is 310 g/mol. The molecule has 2 rings (SSSR count). The Morgan fingerprint density at radius 3 is 2.21 bits per heavy atom. The Bertz CT molecular complexity index is 630. The minimum absolute atomic E-state index is 0.131. The number of allylic oxidation sites excluding steroid dienone is 1. The minimum atomic E-state index is -0.131. The highest BCUT2D eigenvalue weighted by atomic mass is 35.5. The van der Waals surface area contributed by atoms with Crippen molar-refractivity contribution in [3.05, 3.63) is 74.7 Å². The zero-order valence-corrected chi connectivity index (χ0v) is 12.0. The molecule has 4 heteroatoms. The van der Waals surface area contributed by atoms with Crippen molar-refractivity contribution in [1.29, 1.82) is 0 Å². The summed E-state index contributed by atoms with van der Waals surface area (Å²) in [6.07, 6.45) is 3.21. The van der Waals surface area contributed by atoms with E-state index in [1.165, 1.54) is 6.08 Å². The van der Waals surface area contributed by atoms with E-state index in [0.29, 0.717) is 20.6 Å². The predicted molar refractivity (Wildman–Crippen MR) is 81.3 cm³/mol. The maximum atomic E-state index is 11.9. The SMILES string of the molecule is O=C(/C=C/c1ccc(Cl)cc1)c1ccc(Cl)c(Cl)c1. The van der Waals surface area contributed by atoms with E-state index in [-0.39, 0.29) is 5.78 Å². The Balaban J connectivity index is 2.16. The number of carbonyl (C=O) groups is 1. The van der Waals surface area contributed by atoms with Crippen LogP contribution in [0.15, 0.2) is 48.5 Å². The number of benzene rings is 2. The van der Waals surface area contributed by atoms with Gasteiger partial charge in [0, 0.05) is 10.6 Å². The number of ketones is 1. The summed E-state index contributed by atoms with van der Waals surface area (Å²) in [4.78, 5) is 11.9. The lowest BCUT2D eigenvalue weighted by atomic mass is 10.1. The fraction of sp³-hybridized carbons (Fsp3) is 0. The van der Waals surface area contributed by atoms with Gasteiger partial charge in [-0.25, -0.2) is 0 Å².